The summed E-state index contributed by atoms with van der Waals surface area (Å²) in [5, 5.41) is 0. The normalized spacial score (nSPS) is 14.0. The SMILES string of the molecule is CCOCCCNS(=O)(=O)CCc1ccc2c(c1)CCO2. The number of rotatable bonds is 9. The number of fused-ring (bicyclic) bond motifs is 1. The summed E-state index contributed by atoms with van der Waals surface area (Å²) >= 11 is 0. The summed E-state index contributed by atoms with van der Waals surface area (Å²) < 4.78 is 37.0. The van der Waals surface area contributed by atoms with Crippen molar-refractivity contribution in [3.63, 3.8) is 0 Å². The van der Waals surface area contributed by atoms with E-state index in [1.165, 1.54) is 5.56 Å². The van der Waals surface area contributed by atoms with Crippen molar-refractivity contribution in [1.82, 2.24) is 4.72 Å². The molecule has 0 unspecified atom stereocenters. The minimum Gasteiger partial charge on any atom is -0.493 e. The number of hydrogen-bond acceptors (Lipinski definition) is 4. The fourth-order valence-corrected chi connectivity index (χ4v) is 3.37. The van der Waals surface area contributed by atoms with Gasteiger partial charge in [-0.05, 0) is 37.0 Å². The number of hydrogen-bond donors (Lipinski definition) is 1. The molecule has 0 bridgehead atoms. The molecule has 6 heteroatoms. The third-order valence-electron chi connectivity index (χ3n) is 3.40. The number of aryl methyl sites for hydroxylation is 1. The van der Waals surface area contributed by atoms with Gasteiger partial charge in [0.2, 0.25) is 10.0 Å². The monoisotopic (exact) mass is 313 g/mol. The average Bonchev–Trinajstić information content (AvgIpc) is 2.92. The Morgan fingerprint density at radius 1 is 1.38 bits per heavy atom. The highest BCUT2D eigenvalue weighted by Crippen LogP contribution is 2.26. The number of ether oxygens (including phenoxy) is 2. The van der Waals surface area contributed by atoms with Crippen LogP contribution in [-0.4, -0.2) is 40.5 Å². The van der Waals surface area contributed by atoms with E-state index in [-0.39, 0.29) is 5.75 Å². The molecule has 0 fully saturated rings. The van der Waals surface area contributed by atoms with E-state index in [0.717, 1.165) is 24.3 Å². The van der Waals surface area contributed by atoms with E-state index < -0.39 is 10.0 Å². The van der Waals surface area contributed by atoms with E-state index in [2.05, 4.69) is 4.72 Å². The molecule has 0 radical (unpaired) electrons. The van der Waals surface area contributed by atoms with Crippen LogP contribution >= 0.6 is 0 Å². The van der Waals surface area contributed by atoms with Gasteiger partial charge in [-0.15, -0.1) is 0 Å². The van der Waals surface area contributed by atoms with Crippen LogP contribution in [0.25, 0.3) is 0 Å². The largest absolute Gasteiger partial charge is 0.493 e. The molecule has 1 N–H and O–H groups in total. The zero-order valence-electron chi connectivity index (χ0n) is 12.4. The van der Waals surface area contributed by atoms with Crippen LogP contribution in [0.3, 0.4) is 0 Å². The molecule has 21 heavy (non-hydrogen) atoms. The lowest BCUT2D eigenvalue weighted by atomic mass is 10.1. The lowest BCUT2D eigenvalue weighted by molar-refractivity contribution is 0.146. The Labute approximate surface area is 126 Å². The summed E-state index contributed by atoms with van der Waals surface area (Å²) in [6.45, 7) is 4.32. The summed E-state index contributed by atoms with van der Waals surface area (Å²) in [6, 6.07) is 5.92. The topological polar surface area (TPSA) is 64.6 Å². The van der Waals surface area contributed by atoms with Gasteiger partial charge in [0.25, 0.3) is 0 Å². The van der Waals surface area contributed by atoms with Crippen LogP contribution in [0.4, 0.5) is 0 Å². The Balaban J connectivity index is 1.76. The Hall–Kier alpha value is -1.11. The second kappa shape index (κ2) is 7.77. The standard InChI is InChI=1S/C15H23NO4S/c1-2-19-9-3-8-16-21(17,18)11-7-13-4-5-15-14(12-13)6-10-20-15/h4-5,12,16H,2-3,6-11H2,1H3. The molecular weight excluding hydrogens is 290 g/mol. The van der Waals surface area contributed by atoms with E-state index in [1.807, 2.05) is 25.1 Å². The first-order chi connectivity index (χ1) is 10.1. The quantitative estimate of drug-likeness (QED) is 0.702. The van der Waals surface area contributed by atoms with E-state index >= 15 is 0 Å². The summed E-state index contributed by atoms with van der Waals surface area (Å²) in [5.41, 5.74) is 2.22. The van der Waals surface area contributed by atoms with Crippen LogP contribution < -0.4 is 9.46 Å². The molecule has 0 aliphatic carbocycles. The van der Waals surface area contributed by atoms with Crippen LogP contribution in [0.2, 0.25) is 0 Å². The maximum absolute atomic E-state index is 11.9. The predicted octanol–water partition coefficient (Wildman–Crippen LogP) is 1.51. The minimum atomic E-state index is -3.22. The fourth-order valence-electron chi connectivity index (χ4n) is 2.27. The van der Waals surface area contributed by atoms with Crippen LogP contribution in [0, 0.1) is 0 Å². The van der Waals surface area contributed by atoms with Crippen molar-refractivity contribution in [1.29, 1.82) is 0 Å². The van der Waals surface area contributed by atoms with Crippen molar-refractivity contribution in [3.05, 3.63) is 29.3 Å². The summed E-state index contributed by atoms with van der Waals surface area (Å²) in [7, 11) is -3.22. The van der Waals surface area contributed by atoms with Crippen LogP contribution in [0.1, 0.15) is 24.5 Å². The molecule has 0 atom stereocenters. The van der Waals surface area contributed by atoms with Gasteiger partial charge >= 0.3 is 0 Å². The number of sulfonamides is 1. The third kappa shape index (κ3) is 5.30. The molecule has 1 aromatic rings. The van der Waals surface area contributed by atoms with Gasteiger partial charge in [-0.25, -0.2) is 13.1 Å². The zero-order chi connectivity index (χ0) is 15.1. The first-order valence-electron chi connectivity index (χ1n) is 7.40. The van der Waals surface area contributed by atoms with Crippen LogP contribution in [0.15, 0.2) is 18.2 Å². The van der Waals surface area contributed by atoms with Gasteiger partial charge in [-0.1, -0.05) is 12.1 Å². The van der Waals surface area contributed by atoms with Gasteiger partial charge in [0.05, 0.1) is 12.4 Å². The van der Waals surface area contributed by atoms with E-state index in [9.17, 15) is 8.42 Å². The van der Waals surface area contributed by atoms with Gasteiger partial charge in [-0.2, -0.15) is 0 Å². The van der Waals surface area contributed by atoms with Crippen molar-refractivity contribution in [2.75, 3.05) is 32.1 Å². The van der Waals surface area contributed by atoms with Crippen molar-refractivity contribution in [3.8, 4) is 5.75 Å². The minimum absolute atomic E-state index is 0.112. The molecule has 0 saturated carbocycles. The van der Waals surface area contributed by atoms with Gasteiger partial charge < -0.3 is 9.47 Å². The molecular formula is C15H23NO4S. The van der Waals surface area contributed by atoms with Gasteiger partial charge in [0.15, 0.2) is 0 Å². The highest BCUT2D eigenvalue weighted by molar-refractivity contribution is 7.89. The molecule has 0 amide bonds. The fraction of sp³-hybridized carbons (Fsp3) is 0.600. The molecule has 0 aromatic heterocycles. The first-order valence-corrected chi connectivity index (χ1v) is 9.05. The smallest absolute Gasteiger partial charge is 0.211 e. The maximum atomic E-state index is 11.9. The molecule has 1 aromatic carbocycles. The van der Waals surface area contributed by atoms with Crippen molar-refractivity contribution < 1.29 is 17.9 Å². The second-order valence-electron chi connectivity index (χ2n) is 5.05. The van der Waals surface area contributed by atoms with Crippen LogP contribution in [0.5, 0.6) is 5.75 Å². The second-order valence-corrected chi connectivity index (χ2v) is 6.98. The molecule has 1 aliphatic rings. The molecule has 5 nitrogen and oxygen atoms in total. The number of benzene rings is 1. The molecule has 1 aliphatic heterocycles. The van der Waals surface area contributed by atoms with Gasteiger partial charge in [-0.3, -0.25) is 0 Å². The molecule has 118 valence electrons. The lowest BCUT2D eigenvalue weighted by Crippen LogP contribution is -2.28. The number of nitrogens with one attached hydrogen (secondary N) is 1. The first kappa shape index (κ1) is 16.3. The lowest BCUT2D eigenvalue weighted by Gasteiger charge is -2.08. The van der Waals surface area contributed by atoms with Gasteiger partial charge in [0, 0.05) is 26.2 Å². The van der Waals surface area contributed by atoms with Crippen molar-refractivity contribution in [2.24, 2.45) is 0 Å². The highest BCUT2D eigenvalue weighted by atomic mass is 32.2. The van der Waals surface area contributed by atoms with E-state index in [4.69, 9.17) is 9.47 Å². The molecule has 2 rings (SSSR count). The Kier molecular flexibility index (Phi) is 6.02. The Morgan fingerprint density at radius 2 is 2.24 bits per heavy atom. The average molecular weight is 313 g/mol. The van der Waals surface area contributed by atoms with E-state index in [1.54, 1.807) is 0 Å². The Bertz CT molecular complexity index is 557. The van der Waals surface area contributed by atoms with E-state index in [0.29, 0.717) is 32.6 Å². The maximum Gasteiger partial charge on any atom is 0.211 e. The van der Waals surface area contributed by atoms with Crippen molar-refractivity contribution in [2.45, 2.75) is 26.2 Å². The van der Waals surface area contributed by atoms with Crippen LogP contribution in [-0.2, 0) is 27.6 Å². The molecule has 0 spiro atoms. The predicted molar refractivity (Wildman–Crippen MR) is 82.2 cm³/mol. The Morgan fingerprint density at radius 3 is 3.05 bits per heavy atom. The zero-order valence-corrected chi connectivity index (χ0v) is 13.2. The molecule has 0 saturated heterocycles. The van der Waals surface area contributed by atoms with Gasteiger partial charge in [0.1, 0.15) is 5.75 Å². The summed E-state index contributed by atoms with van der Waals surface area (Å²) in [6.07, 6.45) is 2.13. The summed E-state index contributed by atoms with van der Waals surface area (Å²) in [5.74, 6) is 1.04. The highest BCUT2D eigenvalue weighted by Gasteiger charge is 2.14. The van der Waals surface area contributed by atoms with Crippen molar-refractivity contribution >= 4 is 10.0 Å². The summed E-state index contributed by atoms with van der Waals surface area (Å²) in [4.78, 5) is 0. The molecule has 1 heterocycles. The third-order valence-corrected chi connectivity index (χ3v) is 4.79.